The summed E-state index contributed by atoms with van der Waals surface area (Å²) in [4.78, 5) is 25.6. The zero-order chi connectivity index (χ0) is 20.4. The number of hydrogen-bond acceptors (Lipinski definition) is 7. The van der Waals surface area contributed by atoms with Crippen molar-refractivity contribution in [1.82, 2.24) is 15.0 Å². The molecule has 2 aliphatic rings. The molecule has 1 saturated heterocycles. The highest BCUT2D eigenvalue weighted by molar-refractivity contribution is 6.00. The van der Waals surface area contributed by atoms with E-state index in [9.17, 15) is 10.0 Å². The maximum atomic E-state index is 12.5. The van der Waals surface area contributed by atoms with Gasteiger partial charge in [0, 0.05) is 55.4 Å². The summed E-state index contributed by atoms with van der Waals surface area (Å²) in [5, 5.41) is 14.1. The molecule has 3 heterocycles. The van der Waals surface area contributed by atoms with Gasteiger partial charge < -0.3 is 15.4 Å². The maximum Gasteiger partial charge on any atom is 0.233 e. The Morgan fingerprint density at radius 3 is 2.45 bits per heavy atom. The molecule has 29 heavy (non-hydrogen) atoms. The number of aromatic nitrogens is 2. The second-order valence-electron chi connectivity index (χ2n) is 7.57. The highest BCUT2D eigenvalue weighted by Gasteiger charge is 2.33. The van der Waals surface area contributed by atoms with Gasteiger partial charge in [-0.05, 0) is 37.1 Å². The molecular formula is C21H28N6O2. The van der Waals surface area contributed by atoms with E-state index in [1.807, 2.05) is 17.0 Å². The van der Waals surface area contributed by atoms with Crippen LogP contribution in [0.1, 0.15) is 32.3 Å². The lowest BCUT2D eigenvalue weighted by Gasteiger charge is -2.32. The molecule has 0 atom stereocenters. The summed E-state index contributed by atoms with van der Waals surface area (Å²) in [5.74, 6) is 1.34. The van der Waals surface area contributed by atoms with Gasteiger partial charge in [-0.2, -0.15) is 10.0 Å². The Labute approximate surface area is 171 Å². The van der Waals surface area contributed by atoms with Crippen LogP contribution in [0.4, 0.5) is 23.1 Å². The van der Waals surface area contributed by atoms with Crippen LogP contribution >= 0.6 is 0 Å². The molecule has 4 rings (SSSR count). The highest BCUT2D eigenvalue weighted by Crippen LogP contribution is 2.31. The summed E-state index contributed by atoms with van der Waals surface area (Å²) < 4.78 is 0. The summed E-state index contributed by atoms with van der Waals surface area (Å²) in [6, 6.07) is 8.29. The van der Waals surface area contributed by atoms with Crippen LogP contribution in [0, 0.1) is 0 Å². The van der Waals surface area contributed by atoms with Crippen molar-refractivity contribution >= 4 is 29.0 Å². The van der Waals surface area contributed by atoms with E-state index in [4.69, 9.17) is 0 Å². The minimum Gasteiger partial charge on any atom is -0.369 e. The van der Waals surface area contributed by atoms with Crippen LogP contribution in [0.3, 0.4) is 0 Å². The molecule has 0 spiro atoms. The Balaban J connectivity index is 1.48. The van der Waals surface area contributed by atoms with E-state index < -0.39 is 0 Å². The number of hydrogen-bond donors (Lipinski definition) is 2. The lowest BCUT2D eigenvalue weighted by molar-refractivity contribution is -0.117. The summed E-state index contributed by atoms with van der Waals surface area (Å²) in [5.41, 5.74) is 2.92. The van der Waals surface area contributed by atoms with E-state index in [2.05, 4.69) is 46.2 Å². The second-order valence-corrected chi connectivity index (χ2v) is 7.57. The van der Waals surface area contributed by atoms with Gasteiger partial charge in [0.15, 0.2) is 0 Å². The number of fused-ring (bicyclic) bond motifs is 1. The molecule has 0 unspecified atom stereocenters. The molecule has 1 aromatic heterocycles. The first-order valence-corrected chi connectivity index (χ1v) is 10.3. The number of amides is 1. The van der Waals surface area contributed by atoms with Crippen LogP contribution in [0.5, 0.6) is 0 Å². The van der Waals surface area contributed by atoms with Gasteiger partial charge >= 0.3 is 0 Å². The monoisotopic (exact) mass is 396 g/mol. The van der Waals surface area contributed by atoms with Gasteiger partial charge in [0.1, 0.15) is 5.82 Å². The van der Waals surface area contributed by atoms with Crippen LogP contribution in [-0.2, 0) is 11.2 Å². The van der Waals surface area contributed by atoms with E-state index in [-0.39, 0.29) is 11.9 Å². The standard InChI is InChI=1S/C21H28N6O2/c1-3-17(4-2)27-19(28)13-15-14-22-21(24-20(15)27)23-16-5-7-18(8-6-16)25-9-11-26(29)12-10-25/h5-8,14,17,29H,3-4,9-13H2,1-2H3,(H,22,23,24). The molecule has 154 valence electrons. The third kappa shape index (κ3) is 4.04. The first-order valence-electron chi connectivity index (χ1n) is 10.3. The number of benzene rings is 1. The average molecular weight is 396 g/mol. The molecule has 1 amide bonds. The van der Waals surface area contributed by atoms with Gasteiger partial charge in [0.2, 0.25) is 11.9 Å². The number of nitrogens with zero attached hydrogens (tertiary/aromatic N) is 5. The fourth-order valence-electron chi connectivity index (χ4n) is 4.03. The van der Waals surface area contributed by atoms with Gasteiger partial charge in [-0.15, -0.1) is 0 Å². The van der Waals surface area contributed by atoms with Crippen molar-refractivity contribution in [3.8, 4) is 0 Å². The topological polar surface area (TPSA) is 84.8 Å². The number of rotatable bonds is 6. The number of hydroxylamine groups is 2. The molecule has 0 bridgehead atoms. The molecule has 0 aliphatic carbocycles. The Morgan fingerprint density at radius 1 is 1.10 bits per heavy atom. The van der Waals surface area contributed by atoms with Gasteiger partial charge in [-0.3, -0.25) is 9.69 Å². The van der Waals surface area contributed by atoms with Gasteiger partial charge in [-0.1, -0.05) is 13.8 Å². The first-order chi connectivity index (χ1) is 14.1. The normalized spacial score (nSPS) is 17.2. The predicted octanol–water partition coefficient (Wildman–Crippen LogP) is 2.81. The van der Waals surface area contributed by atoms with E-state index in [1.165, 1.54) is 5.06 Å². The van der Waals surface area contributed by atoms with Crippen molar-refractivity contribution in [3.63, 3.8) is 0 Å². The zero-order valence-corrected chi connectivity index (χ0v) is 17.0. The molecule has 8 nitrogen and oxygen atoms in total. The lowest BCUT2D eigenvalue weighted by atomic mass is 10.1. The smallest absolute Gasteiger partial charge is 0.233 e. The Bertz CT molecular complexity index is 860. The first kappa shape index (κ1) is 19.6. The molecule has 8 heteroatoms. The molecule has 1 aromatic carbocycles. The average Bonchev–Trinajstić information content (AvgIpc) is 3.06. The molecule has 0 saturated carbocycles. The van der Waals surface area contributed by atoms with Crippen molar-refractivity contribution < 1.29 is 10.0 Å². The number of carbonyl (C=O) groups is 1. The van der Waals surface area contributed by atoms with Gasteiger partial charge in [-0.25, -0.2) is 4.98 Å². The molecule has 2 aliphatic heterocycles. The fourth-order valence-corrected chi connectivity index (χ4v) is 4.03. The lowest BCUT2D eigenvalue weighted by Crippen LogP contribution is -2.44. The number of nitrogens with one attached hydrogen (secondary N) is 1. The van der Waals surface area contributed by atoms with E-state index in [1.54, 1.807) is 6.20 Å². The zero-order valence-electron chi connectivity index (χ0n) is 17.0. The maximum absolute atomic E-state index is 12.5. The summed E-state index contributed by atoms with van der Waals surface area (Å²) in [7, 11) is 0. The van der Waals surface area contributed by atoms with E-state index >= 15 is 0 Å². The van der Waals surface area contributed by atoms with Crippen molar-refractivity contribution in [3.05, 3.63) is 36.0 Å². The van der Waals surface area contributed by atoms with Crippen LogP contribution in [0.15, 0.2) is 30.5 Å². The van der Waals surface area contributed by atoms with Crippen LogP contribution in [0.2, 0.25) is 0 Å². The third-order valence-corrected chi connectivity index (χ3v) is 5.73. The fraction of sp³-hybridized carbons (Fsp3) is 0.476. The Kier molecular flexibility index (Phi) is 5.64. The quantitative estimate of drug-likeness (QED) is 0.777. The van der Waals surface area contributed by atoms with Gasteiger partial charge in [0.05, 0.1) is 6.42 Å². The Morgan fingerprint density at radius 2 is 1.79 bits per heavy atom. The van der Waals surface area contributed by atoms with E-state index in [0.29, 0.717) is 25.5 Å². The largest absolute Gasteiger partial charge is 0.369 e. The van der Waals surface area contributed by atoms with Crippen LogP contribution in [0.25, 0.3) is 0 Å². The molecule has 2 aromatic rings. The third-order valence-electron chi connectivity index (χ3n) is 5.73. The minimum absolute atomic E-state index is 0.104. The van der Waals surface area contributed by atoms with Crippen LogP contribution in [-0.4, -0.2) is 58.4 Å². The van der Waals surface area contributed by atoms with Gasteiger partial charge in [0.25, 0.3) is 0 Å². The van der Waals surface area contributed by atoms with Crippen molar-refractivity contribution in [2.45, 2.75) is 39.2 Å². The Hall–Kier alpha value is -2.71. The molecule has 1 fully saturated rings. The predicted molar refractivity (Wildman–Crippen MR) is 113 cm³/mol. The van der Waals surface area contributed by atoms with Crippen molar-refractivity contribution in [1.29, 1.82) is 0 Å². The number of anilines is 4. The number of carbonyl (C=O) groups excluding carboxylic acids is 1. The second kappa shape index (κ2) is 8.34. The molecule has 0 radical (unpaired) electrons. The summed E-state index contributed by atoms with van der Waals surface area (Å²) >= 11 is 0. The highest BCUT2D eigenvalue weighted by atomic mass is 16.5. The van der Waals surface area contributed by atoms with Crippen LogP contribution < -0.4 is 15.1 Å². The molecule has 2 N–H and O–H groups in total. The summed E-state index contributed by atoms with van der Waals surface area (Å²) in [6.45, 7) is 7.10. The number of piperazine rings is 1. The SMILES string of the molecule is CCC(CC)N1C(=O)Cc2cnc(Nc3ccc(N4CCN(O)CC4)cc3)nc21. The molecular weight excluding hydrogens is 368 g/mol. The summed E-state index contributed by atoms with van der Waals surface area (Å²) in [6.07, 6.45) is 3.94. The van der Waals surface area contributed by atoms with Crippen molar-refractivity contribution in [2.24, 2.45) is 0 Å². The van der Waals surface area contributed by atoms with E-state index in [0.717, 1.165) is 48.7 Å². The van der Waals surface area contributed by atoms with Crippen molar-refractivity contribution in [2.75, 3.05) is 41.3 Å². The minimum atomic E-state index is 0.104.